The molecule has 0 amide bonds. The summed E-state index contributed by atoms with van der Waals surface area (Å²) in [6, 6.07) is 9.44. The van der Waals surface area contributed by atoms with Crippen LogP contribution in [0.4, 0.5) is 0 Å². The molecule has 0 aliphatic heterocycles. The van der Waals surface area contributed by atoms with Crippen LogP contribution in [0.15, 0.2) is 36.4 Å². The maximum atomic E-state index is 11.9. The number of ketones is 1. The Morgan fingerprint density at radius 1 is 1.33 bits per heavy atom. The minimum Gasteiger partial charge on any atom is -0.481 e. The predicted molar refractivity (Wildman–Crippen MR) is 64.8 cm³/mol. The number of carbonyl (C=O) groups is 2. The Labute approximate surface area is 120 Å². The van der Waals surface area contributed by atoms with Crippen LogP contribution in [0.25, 0.3) is 0 Å². The monoisotopic (exact) mass is 295 g/mol. The number of carboxylic acid groups (broad SMARTS) is 1. The van der Waals surface area contributed by atoms with Crippen LogP contribution in [0.5, 0.6) is 0 Å². The fourth-order valence-corrected chi connectivity index (χ4v) is 1.24. The third-order valence-corrected chi connectivity index (χ3v) is 2.83. The standard InChI is InChI=1S/C14H15O3.Zn/c1-10(14(2,3)13(16)17)9-12(15)11-7-5-4-6-8-11;/h5-8H,1,9H2,2-3H3,(H,16,17);/q-1;+2. The first-order valence-corrected chi connectivity index (χ1v) is 5.26. The predicted octanol–water partition coefficient (Wildman–Crippen LogP) is 2.72. The smallest absolute Gasteiger partial charge is 0.481 e. The van der Waals surface area contributed by atoms with Gasteiger partial charge in [0.05, 0.1) is 5.41 Å². The van der Waals surface area contributed by atoms with E-state index in [1.165, 1.54) is 0 Å². The summed E-state index contributed by atoms with van der Waals surface area (Å²) < 4.78 is 0. The number of hydrogen-bond donors (Lipinski definition) is 1. The van der Waals surface area contributed by atoms with E-state index in [9.17, 15) is 9.59 Å². The summed E-state index contributed by atoms with van der Waals surface area (Å²) >= 11 is 0. The molecule has 0 saturated carbocycles. The number of aliphatic carboxylic acids is 1. The van der Waals surface area contributed by atoms with Gasteiger partial charge >= 0.3 is 25.4 Å². The van der Waals surface area contributed by atoms with Crippen molar-refractivity contribution in [3.05, 3.63) is 48.0 Å². The summed E-state index contributed by atoms with van der Waals surface area (Å²) in [7, 11) is 0. The van der Waals surface area contributed by atoms with Crippen molar-refractivity contribution in [3.8, 4) is 0 Å². The van der Waals surface area contributed by atoms with Crippen LogP contribution < -0.4 is 0 Å². The van der Waals surface area contributed by atoms with Crippen molar-refractivity contribution in [1.82, 2.24) is 0 Å². The molecule has 4 heteroatoms. The summed E-state index contributed by atoms with van der Waals surface area (Å²) in [5, 5.41) is 9.02. The second-order valence-electron chi connectivity index (χ2n) is 4.42. The zero-order valence-corrected chi connectivity index (χ0v) is 13.7. The van der Waals surface area contributed by atoms with Gasteiger partial charge in [-0.1, -0.05) is 17.7 Å². The van der Waals surface area contributed by atoms with Crippen molar-refractivity contribution in [2.24, 2.45) is 5.41 Å². The summed E-state index contributed by atoms with van der Waals surface area (Å²) in [5.41, 5.74) is -0.134. The maximum absolute atomic E-state index is 11.9. The Morgan fingerprint density at radius 2 is 1.83 bits per heavy atom. The first-order chi connectivity index (χ1) is 7.85. The third kappa shape index (κ3) is 3.88. The molecule has 1 aromatic rings. The first kappa shape index (κ1) is 16.7. The third-order valence-electron chi connectivity index (χ3n) is 2.83. The topological polar surface area (TPSA) is 54.4 Å². The van der Waals surface area contributed by atoms with Crippen LogP contribution in [-0.2, 0) is 24.3 Å². The van der Waals surface area contributed by atoms with Gasteiger partial charge in [-0.25, -0.2) is 0 Å². The Bertz CT molecular complexity index is 449. The zero-order chi connectivity index (χ0) is 13.1. The summed E-state index contributed by atoms with van der Waals surface area (Å²) in [6.45, 7) is 6.79. The molecule has 0 atom stereocenters. The molecular weight excluding hydrogens is 282 g/mol. The minimum atomic E-state index is -1.09. The van der Waals surface area contributed by atoms with Gasteiger partial charge in [0.25, 0.3) is 0 Å². The fourth-order valence-electron chi connectivity index (χ4n) is 1.24. The molecule has 1 rings (SSSR count). The van der Waals surface area contributed by atoms with Crippen LogP contribution >= 0.6 is 0 Å². The Kier molecular flexibility index (Phi) is 6.13. The molecule has 0 radical (unpaired) electrons. The van der Waals surface area contributed by atoms with E-state index in [0.717, 1.165) is 0 Å². The zero-order valence-electron chi connectivity index (χ0n) is 10.7. The minimum absolute atomic E-state index is 0. The number of rotatable bonds is 5. The molecular formula is C14H15O3Zn+. The van der Waals surface area contributed by atoms with Crippen LogP contribution in [0.1, 0.15) is 30.6 Å². The number of benzene rings is 1. The van der Waals surface area contributed by atoms with Crippen LogP contribution in [0, 0.1) is 11.5 Å². The van der Waals surface area contributed by atoms with Crippen molar-refractivity contribution in [2.75, 3.05) is 0 Å². The van der Waals surface area contributed by atoms with Gasteiger partial charge < -0.3 is 5.11 Å². The molecule has 1 aromatic carbocycles. The largest absolute Gasteiger partial charge is 2.00 e. The van der Waals surface area contributed by atoms with Crippen LogP contribution in [-0.4, -0.2) is 16.9 Å². The molecule has 0 saturated heterocycles. The number of Topliss-reactive ketones (excluding diaryl/α,β-unsaturated/α-hetero) is 1. The molecule has 90 valence electrons. The number of carbonyl (C=O) groups excluding carboxylic acids is 1. The normalized spacial score (nSPS) is 10.3. The van der Waals surface area contributed by atoms with Gasteiger partial charge in [-0.05, 0) is 13.8 Å². The molecule has 0 spiro atoms. The Balaban J connectivity index is 0.00000289. The fraction of sp³-hybridized carbons (Fsp3) is 0.286. The van der Waals surface area contributed by atoms with E-state index in [1.807, 2.05) is 0 Å². The van der Waals surface area contributed by atoms with Crippen LogP contribution in [0.3, 0.4) is 0 Å². The van der Waals surface area contributed by atoms with Crippen molar-refractivity contribution in [3.63, 3.8) is 0 Å². The molecule has 0 fully saturated rings. The van der Waals surface area contributed by atoms with Gasteiger partial charge in [-0.15, -0.1) is 0 Å². The Morgan fingerprint density at radius 3 is 2.28 bits per heavy atom. The van der Waals surface area contributed by atoms with E-state index in [-0.39, 0.29) is 31.7 Å². The van der Waals surface area contributed by atoms with Gasteiger partial charge in [0.1, 0.15) is 5.78 Å². The molecule has 0 aromatic heterocycles. The van der Waals surface area contributed by atoms with E-state index < -0.39 is 11.4 Å². The summed E-state index contributed by atoms with van der Waals surface area (Å²) in [6.07, 6.45) is 0.0450. The maximum Gasteiger partial charge on any atom is 2.00 e. The van der Waals surface area contributed by atoms with E-state index in [1.54, 1.807) is 38.1 Å². The first-order valence-electron chi connectivity index (χ1n) is 5.26. The van der Waals surface area contributed by atoms with E-state index >= 15 is 0 Å². The number of carboxylic acids is 1. The van der Waals surface area contributed by atoms with E-state index in [2.05, 4.69) is 12.6 Å². The van der Waals surface area contributed by atoms with E-state index in [4.69, 9.17) is 5.11 Å². The van der Waals surface area contributed by atoms with Crippen molar-refractivity contribution in [2.45, 2.75) is 20.3 Å². The molecule has 0 unspecified atom stereocenters. The van der Waals surface area contributed by atoms with Crippen molar-refractivity contribution >= 4 is 11.8 Å². The van der Waals surface area contributed by atoms with Crippen molar-refractivity contribution in [1.29, 1.82) is 0 Å². The molecule has 0 bridgehead atoms. The summed E-state index contributed by atoms with van der Waals surface area (Å²) in [4.78, 5) is 22.9. The molecule has 18 heavy (non-hydrogen) atoms. The van der Waals surface area contributed by atoms with Gasteiger partial charge in [-0.2, -0.15) is 30.3 Å². The second kappa shape index (κ2) is 6.60. The van der Waals surface area contributed by atoms with Gasteiger partial charge in [0.2, 0.25) is 0 Å². The SMILES string of the molecule is C=C(CC(=O)c1cc[c-]cc1)C(C)(C)C(=O)O.[Zn+2]. The number of hydrogen-bond acceptors (Lipinski definition) is 2. The van der Waals surface area contributed by atoms with E-state index in [0.29, 0.717) is 11.1 Å². The van der Waals surface area contributed by atoms with Gasteiger partial charge in [-0.3, -0.25) is 9.59 Å². The quantitative estimate of drug-likeness (QED) is 0.393. The second-order valence-corrected chi connectivity index (χ2v) is 4.42. The molecule has 0 aliphatic rings. The average Bonchev–Trinajstić information content (AvgIpc) is 2.29. The average molecular weight is 297 g/mol. The molecule has 3 nitrogen and oxygen atoms in total. The van der Waals surface area contributed by atoms with Crippen LogP contribution in [0.2, 0.25) is 0 Å². The summed E-state index contributed by atoms with van der Waals surface area (Å²) in [5.74, 6) is -1.10. The molecule has 1 N–H and O–H groups in total. The Hall–Kier alpha value is -1.28. The molecule has 0 heterocycles. The molecule has 0 aliphatic carbocycles. The van der Waals surface area contributed by atoms with Crippen molar-refractivity contribution < 1.29 is 34.2 Å². The van der Waals surface area contributed by atoms with Gasteiger partial charge in [0.15, 0.2) is 0 Å². The van der Waals surface area contributed by atoms with Gasteiger partial charge in [0, 0.05) is 6.42 Å².